The molecule has 0 spiro atoms. The lowest BCUT2D eigenvalue weighted by Gasteiger charge is -2.25. The van der Waals surface area contributed by atoms with Gasteiger partial charge in [0.1, 0.15) is 17.0 Å². The molecule has 5 heteroatoms. The predicted molar refractivity (Wildman–Crippen MR) is 81.9 cm³/mol. The molecule has 0 bridgehead atoms. The molecule has 0 aliphatic rings. The van der Waals surface area contributed by atoms with Gasteiger partial charge in [-0.05, 0) is 49.4 Å². The third-order valence-corrected chi connectivity index (χ3v) is 3.77. The number of aliphatic carboxylic acids is 1. The summed E-state index contributed by atoms with van der Waals surface area (Å²) in [5.74, 6) is 0.730. The number of ether oxygens (including phenoxy) is 2. The van der Waals surface area contributed by atoms with Gasteiger partial charge in [0.25, 0.3) is 0 Å². The van der Waals surface area contributed by atoms with Crippen LogP contribution in [0.25, 0.3) is 0 Å². The standard InChI is InChI=1S/C16H25NO4/c1-5-11(10-16(2,17)15(18)19)8-12-9-13(20-3)6-7-14(12)21-4/h6-7,9,11H,5,8,10,17H2,1-4H3,(H,18,19). The van der Waals surface area contributed by atoms with Gasteiger partial charge in [-0.15, -0.1) is 0 Å². The average Bonchev–Trinajstić information content (AvgIpc) is 2.45. The van der Waals surface area contributed by atoms with E-state index in [2.05, 4.69) is 0 Å². The molecule has 1 rings (SSSR count). The van der Waals surface area contributed by atoms with Crippen LogP contribution >= 0.6 is 0 Å². The Balaban J connectivity index is 2.93. The predicted octanol–water partition coefficient (Wildman–Crippen LogP) is 2.46. The molecule has 0 radical (unpaired) electrons. The molecule has 0 aliphatic carbocycles. The van der Waals surface area contributed by atoms with Crippen molar-refractivity contribution in [3.8, 4) is 11.5 Å². The molecule has 0 aliphatic heterocycles. The Morgan fingerprint density at radius 3 is 2.52 bits per heavy atom. The molecule has 0 heterocycles. The lowest BCUT2D eigenvalue weighted by atomic mass is 9.84. The number of carboxylic acid groups (broad SMARTS) is 1. The topological polar surface area (TPSA) is 81.8 Å². The van der Waals surface area contributed by atoms with Crippen LogP contribution in [0.5, 0.6) is 11.5 Å². The van der Waals surface area contributed by atoms with Crippen molar-refractivity contribution in [1.82, 2.24) is 0 Å². The lowest BCUT2D eigenvalue weighted by molar-refractivity contribution is -0.143. The van der Waals surface area contributed by atoms with E-state index in [1.165, 1.54) is 0 Å². The number of benzene rings is 1. The molecular weight excluding hydrogens is 270 g/mol. The van der Waals surface area contributed by atoms with Crippen LogP contribution in [0.3, 0.4) is 0 Å². The van der Waals surface area contributed by atoms with E-state index >= 15 is 0 Å². The quantitative estimate of drug-likeness (QED) is 0.770. The highest BCUT2D eigenvalue weighted by atomic mass is 16.5. The van der Waals surface area contributed by atoms with Gasteiger partial charge in [0.05, 0.1) is 14.2 Å². The number of methoxy groups -OCH3 is 2. The fraction of sp³-hybridized carbons (Fsp3) is 0.562. The van der Waals surface area contributed by atoms with E-state index in [1.54, 1.807) is 21.1 Å². The smallest absolute Gasteiger partial charge is 0.323 e. The van der Waals surface area contributed by atoms with Gasteiger partial charge in [0.2, 0.25) is 0 Å². The fourth-order valence-electron chi connectivity index (χ4n) is 2.40. The monoisotopic (exact) mass is 295 g/mol. The van der Waals surface area contributed by atoms with Crippen molar-refractivity contribution in [3.05, 3.63) is 23.8 Å². The summed E-state index contributed by atoms with van der Waals surface area (Å²) in [7, 11) is 3.24. The molecule has 0 amide bonds. The van der Waals surface area contributed by atoms with Crippen LogP contribution in [0.1, 0.15) is 32.3 Å². The van der Waals surface area contributed by atoms with Crippen LogP contribution in [-0.2, 0) is 11.2 Å². The van der Waals surface area contributed by atoms with E-state index in [4.69, 9.17) is 20.3 Å². The van der Waals surface area contributed by atoms with E-state index in [0.29, 0.717) is 12.8 Å². The van der Waals surface area contributed by atoms with Gasteiger partial charge >= 0.3 is 5.97 Å². The van der Waals surface area contributed by atoms with Crippen LogP contribution in [0, 0.1) is 5.92 Å². The highest BCUT2D eigenvalue weighted by molar-refractivity contribution is 5.77. The second-order valence-electron chi connectivity index (χ2n) is 5.58. The molecule has 0 aromatic heterocycles. The highest BCUT2D eigenvalue weighted by Gasteiger charge is 2.31. The third kappa shape index (κ3) is 4.63. The van der Waals surface area contributed by atoms with Crippen LogP contribution in [0.15, 0.2) is 18.2 Å². The van der Waals surface area contributed by atoms with Crippen molar-refractivity contribution >= 4 is 5.97 Å². The second kappa shape index (κ2) is 7.31. The SMILES string of the molecule is CCC(Cc1cc(OC)ccc1OC)CC(C)(N)C(=O)O. The molecule has 0 saturated carbocycles. The van der Waals surface area contributed by atoms with E-state index in [9.17, 15) is 4.79 Å². The maximum Gasteiger partial charge on any atom is 0.323 e. The molecular formula is C16H25NO4. The maximum absolute atomic E-state index is 11.2. The van der Waals surface area contributed by atoms with Crippen LogP contribution < -0.4 is 15.2 Å². The van der Waals surface area contributed by atoms with Crippen molar-refractivity contribution < 1.29 is 19.4 Å². The zero-order valence-corrected chi connectivity index (χ0v) is 13.2. The highest BCUT2D eigenvalue weighted by Crippen LogP contribution is 2.29. The number of carboxylic acids is 1. The summed E-state index contributed by atoms with van der Waals surface area (Å²) in [5, 5.41) is 9.16. The minimum Gasteiger partial charge on any atom is -0.497 e. The Kier molecular flexibility index (Phi) is 6.03. The zero-order chi connectivity index (χ0) is 16.0. The zero-order valence-electron chi connectivity index (χ0n) is 13.2. The van der Waals surface area contributed by atoms with Gasteiger partial charge in [-0.1, -0.05) is 13.3 Å². The molecule has 0 saturated heterocycles. The van der Waals surface area contributed by atoms with Crippen LogP contribution in [-0.4, -0.2) is 30.8 Å². The van der Waals surface area contributed by atoms with Crippen LogP contribution in [0.2, 0.25) is 0 Å². The molecule has 0 fully saturated rings. The first-order valence-electron chi connectivity index (χ1n) is 7.07. The largest absolute Gasteiger partial charge is 0.497 e. The summed E-state index contributed by atoms with van der Waals surface area (Å²) in [5.41, 5.74) is 5.65. The molecule has 2 unspecified atom stereocenters. The summed E-state index contributed by atoms with van der Waals surface area (Å²) in [6.07, 6.45) is 1.97. The first-order chi connectivity index (χ1) is 9.83. The Bertz CT molecular complexity index is 485. The van der Waals surface area contributed by atoms with E-state index < -0.39 is 11.5 Å². The molecule has 5 nitrogen and oxygen atoms in total. The summed E-state index contributed by atoms with van der Waals surface area (Å²) in [6, 6.07) is 5.63. The normalized spacial score (nSPS) is 15.1. The molecule has 118 valence electrons. The van der Waals surface area contributed by atoms with Gasteiger partial charge < -0.3 is 20.3 Å². The molecule has 1 aromatic rings. The van der Waals surface area contributed by atoms with Gasteiger partial charge in [-0.3, -0.25) is 4.79 Å². The van der Waals surface area contributed by atoms with Gasteiger partial charge in [-0.25, -0.2) is 0 Å². The molecule has 3 N–H and O–H groups in total. The maximum atomic E-state index is 11.2. The summed E-state index contributed by atoms with van der Waals surface area (Å²) in [4.78, 5) is 11.2. The minimum absolute atomic E-state index is 0.164. The number of nitrogens with two attached hydrogens (primary N) is 1. The van der Waals surface area contributed by atoms with E-state index in [-0.39, 0.29) is 5.92 Å². The number of hydrogen-bond acceptors (Lipinski definition) is 4. The molecule has 1 aromatic carbocycles. The number of carbonyl (C=O) groups is 1. The summed E-state index contributed by atoms with van der Waals surface area (Å²) in [6.45, 7) is 3.59. The number of hydrogen-bond donors (Lipinski definition) is 2. The molecule has 2 atom stereocenters. The third-order valence-electron chi connectivity index (χ3n) is 3.77. The number of rotatable bonds is 8. The van der Waals surface area contributed by atoms with Crippen molar-refractivity contribution in [3.63, 3.8) is 0 Å². The Morgan fingerprint density at radius 2 is 2.05 bits per heavy atom. The van der Waals surface area contributed by atoms with Gasteiger partial charge in [0.15, 0.2) is 0 Å². The first kappa shape index (κ1) is 17.3. The Labute approximate surface area is 126 Å². The lowest BCUT2D eigenvalue weighted by Crippen LogP contribution is -2.46. The Morgan fingerprint density at radius 1 is 1.38 bits per heavy atom. The van der Waals surface area contributed by atoms with Crippen molar-refractivity contribution in [2.45, 2.75) is 38.6 Å². The second-order valence-corrected chi connectivity index (χ2v) is 5.58. The fourth-order valence-corrected chi connectivity index (χ4v) is 2.40. The minimum atomic E-state index is -1.22. The first-order valence-corrected chi connectivity index (χ1v) is 7.07. The summed E-state index contributed by atoms with van der Waals surface area (Å²) >= 11 is 0. The Hall–Kier alpha value is -1.75. The molecule has 21 heavy (non-hydrogen) atoms. The van der Waals surface area contributed by atoms with Gasteiger partial charge in [0, 0.05) is 0 Å². The van der Waals surface area contributed by atoms with Crippen molar-refractivity contribution in [2.75, 3.05) is 14.2 Å². The van der Waals surface area contributed by atoms with Crippen molar-refractivity contribution in [2.24, 2.45) is 11.7 Å². The van der Waals surface area contributed by atoms with E-state index in [0.717, 1.165) is 23.5 Å². The summed E-state index contributed by atoms with van der Waals surface area (Å²) < 4.78 is 10.6. The average molecular weight is 295 g/mol. The van der Waals surface area contributed by atoms with Crippen molar-refractivity contribution in [1.29, 1.82) is 0 Å². The van der Waals surface area contributed by atoms with Crippen LogP contribution in [0.4, 0.5) is 0 Å². The van der Waals surface area contributed by atoms with E-state index in [1.807, 2.05) is 25.1 Å². The van der Waals surface area contributed by atoms with Gasteiger partial charge in [-0.2, -0.15) is 0 Å².